The number of halogens is 2. The van der Waals surface area contributed by atoms with Crippen molar-refractivity contribution in [2.75, 3.05) is 6.79 Å². The molecule has 0 atom stereocenters. The zero-order chi connectivity index (χ0) is 8.27. The third-order valence-electron chi connectivity index (χ3n) is 1.11. The molecule has 0 fully saturated rings. The molecular formula is C7H5BrFO2. The molecule has 0 aromatic heterocycles. The molecule has 2 nitrogen and oxygen atoms in total. The van der Waals surface area contributed by atoms with Crippen LogP contribution < -0.4 is 4.74 Å². The second kappa shape index (κ2) is 3.69. The average Bonchev–Trinajstić information content (AvgIpc) is 1.95. The van der Waals surface area contributed by atoms with E-state index in [1.807, 2.05) is 0 Å². The second-order valence-corrected chi connectivity index (χ2v) is 2.75. The third-order valence-corrected chi connectivity index (χ3v) is 1.60. The molecule has 11 heavy (non-hydrogen) atoms. The van der Waals surface area contributed by atoms with Crippen LogP contribution in [-0.2, 0) is 5.11 Å². The van der Waals surface area contributed by atoms with Crippen molar-refractivity contribution < 1.29 is 14.2 Å². The highest BCUT2D eigenvalue weighted by molar-refractivity contribution is 9.10. The largest absolute Gasteiger partial charge is 0.462 e. The Morgan fingerprint density at radius 2 is 2.27 bits per heavy atom. The lowest BCUT2D eigenvalue weighted by molar-refractivity contribution is 0.0348. The minimum absolute atomic E-state index is 0.0109. The molecular weight excluding hydrogens is 215 g/mol. The van der Waals surface area contributed by atoms with E-state index in [-0.39, 0.29) is 5.75 Å². The molecule has 0 saturated heterocycles. The standard InChI is InChI=1S/C7H5BrFO2/c8-5-1-2-7(11-4-10)6(9)3-5/h1-3H,4H2. The van der Waals surface area contributed by atoms with E-state index in [0.29, 0.717) is 4.47 Å². The SMILES string of the molecule is [O]COc1ccc(Br)cc1F. The van der Waals surface area contributed by atoms with E-state index in [4.69, 9.17) is 0 Å². The van der Waals surface area contributed by atoms with E-state index in [9.17, 15) is 9.50 Å². The number of ether oxygens (including phenoxy) is 1. The molecule has 0 bridgehead atoms. The monoisotopic (exact) mass is 219 g/mol. The van der Waals surface area contributed by atoms with Crippen LogP contribution in [0.4, 0.5) is 4.39 Å². The Morgan fingerprint density at radius 1 is 1.55 bits per heavy atom. The van der Waals surface area contributed by atoms with Crippen LogP contribution in [0.1, 0.15) is 0 Å². The van der Waals surface area contributed by atoms with Crippen molar-refractivity contribution in [2.24, 2.45) is 0 Å². The summed E-state index contributed by atoms with van der Waals surface area (Å²) in [7, 11) is 0. The lowest BCUT2D eigenvalue weighted by Crippen LogP contribution is -1.95. The maximum absolute atomic E-state index is 12.7. The van der Waals surface area contributed by atoms with Gasteiger partial charge in [-0.3, -0.25) is 0 Å². The van der Waals surface area contributed by atoms with E-state index < -0.39 is 12.6 Å². The summed E-state index contributed by atoms with van der Waals surface area (Å²) >= 11 is 3.07. The van der Waals surface area contributed by atoms with E-state index in [1.54, 1.807) is 6.07 Å². The normalized spacial score (nSPS) is 9.73. The van der Waals surface area contributed by atoms with Crippen LogP contribution in [0, 0.1) is 5.82 Å². The summed E-state index contributed by atoms with van der Waals surface area (Å²) in [5, 5.41) is 9.94. The topological polar surface area (TPSA) is 29.1 Å². The van der Waals surface area contributed by atoms with Gasteiger partial charge in [-0.15, -0.1) is 0 Å². The van der Waals surface area contributed by atoms with Gasteiger partial charge in [0.2, 0.25) is 6.79 Å². The Labute approximate surface area is 71.7 Å². The average molecular weight is 220 g/mol. The van der Waals surface area contributed by atoms with Crippen molar-refractivity contribution in [1.82, 2.24) is 0 Å². The quantitative estimate of drug-likeness (QED) is 0.703. The van der Waals surface area contributed by atoms with Gasteiger partial charge in [-0.2, -0.15) is 5.11 Å². The number of hydrogen-bond donors (Lipinski definition) is 0. The van der Waals surface area contributed by atoms with Gasteiger partial charge in [0.25, 0.3) is 0 Å². The van der Waals surface area contributed by atoms with E-state index >= 15 is 0 Å². The Morgan fingerprint density at radius 3 is 2.82 bits per heavy atom. The van der Waals surface area contributed by atoms with Gasteiger partial charge in [0.05, 0.1) is 0 Å². The summed E-state index contributed by atoms with van der Waals surface area (Å²) in [6, 6.07) is 4.25. The summed E-state index contributed by atoms with van der Waals surface area (Å²) in [6.07, 6.45) is 0. The number of rotatable bonds is 2. The van der Waals surface area contributed by atoms with Gasteiger partial charge in [-0.1, -0.05) is 15.9 Å². The molecule has 4 heteroatoms. The number of hydrogen-bond acceptors (Lipinski definition) is 1. The van der Waals surface area contributed by atoms with Crippen LogP contribution in [0.2, 0.25) is 0 Å². The summed E-state index contributed by atoms with van der Waals surface area (Å²) in [5.74, 6) is -0.543. The van der Waals surface area contributed by atoms with Gasteiger partial charge in [0, 0.05) is 4.47 Å². The first-order valence-corrected chi connectivity index (χ1v) is 3.69. The van der Waals surface area contributed by atoms with Gasteiger partial charge in [-0.25, -0.2) is 4.39 Å². The summed E-state index contributed by atoms with van der Waals surface area (Å²) in [6.45, 7) is -0.765. The second-order valence-electron chi connectivity index (χ2n) is 1.84. The number of benzene rings is 1. The maximum atomic E-state index is 12.7. The molecule has 0 saturated carbocycles. The van der Waals surface area contributed by atoms with Gasteiger partial charge in [-0.05, 0) is 18.2 Å². The van der Waals surface area contributed by atoms with Gasteiger partial charge >= 0.3 is 0 Å². The lowest BCUT2D eigenvalue weighted by Gasteiger charge is -2.01. The first-order valence-electron chi connectivity index (χ1n) is 2.90. The van der Waals surface area contributed by atoms with E-state index in [2.05, 4.69) is 20.7 Å². The summed E-state index contributed by atoms with van der Waals surface area (Å²) in [5.41, 5.74) is 0. The fourth-order valence-electron chi connectivity index (χ4n) is 0.656. The summed E-state index contributed by atoms with van der Waals surface area (Å²) in [4.78, 5) is 0. The fourth-order valence-corrected chi connectivity index (χ4v) is 0.989. The predicted octanol–water partition coefficient (Wildman–Crippen LogP) is 2.36. The van der Waals surface area contributed by atoms with Crippen molar-refractivity contribution in [3.63, 3.8) is 0 Å². The highest BCUT2D eigenvalue weighted by atomic mass is 79.9. The molecule has 0 aliphatic rings. The van der Waals surface area contributed by atoms with E-state index in [0.717, 1.165) is 0 Å². The highest BCUT2D eigenvalue weighted by Gasteiger charge is 2.01. The lowest BCUT2D eigenvalue weighted by atomic mass is 10.3. The first-order chi connectivity index (χ1) is 5.24. The van der Waals surface area contributed by atoms with Crippen LogP contribution in [0.3, 0.4) is 0 Å². The van der Waals surface area contributed by atoms with Gasteiger partial charge in [0.15, 0.2) is 11.6 Å². The molecule has 0 unspecified atom stereocenters. The zero-order valence-electron chi connectivity index (χ0n) is 5.51. The van der Waals surface area contributed by atoms with E-state index in [1.165, 1.54) is 12.1 Å². The molecule has 59 valence electrons. The third kappa shape index (κ3) is 2.17. The van der Waals surface area contributed by atoms with Crippen LogP contribution in [0.25, 0.3) is 0 Å². The predicted molar refractivity (Wildman–Crippen MR) is 40.3 cm³/mol. The molecule has 0 N–H and O–H groups in total. The van der Waals surface area contributed by atoms with Crippen molar-refractivity contribution >= 4 is 15.9 Å². The van der Waals surface area contributed by atoms with Crippen molar-refractivity contribution in [3.8, 4) is 5.75 Å². The van der Waals surface area contributed by atoms with Crippen molar-refractivity contribution in [2.45, 2.75) is 0 Å². The minimum Gasteiger partial charge on any atom is -0.462 e. The van der Waals surface area contributed by atoms with Gasteiger partial charge < -0.3 is 4.74 Å². The molecule has 1 radical (unpaired) electrons. The Hall–Kier alpha value is -0.610. The van der Waals surface area contributed by atoms with Crippen LogP contribution >= 0.6 is 15.9 Å². The highest BCUT2D eigenvalue weighted by Crippen LogP contribution is 2.20. The molecule has 0 aliphatic carbocycles. The van der Waals surface area contributed by atoms with Crippen LogP contribution in [-0.4, -0.2) is 6.79 Å². The zero-order valence-corrected chi connectivity index (χ0v) is 7.10. The molecule has 1 rings (SSSR count). The van der Waals surface area contributed by atoms with Crippen LogP contribution in [0.15, 0.2) is 22.7 Å². The fraction of sp³-hybridized carbons (Fsp3) is 0.143. The Bertz CT molecular complexity index is 252. The first kappa shape index (κ1) is 8.49. The Balaban J connectivity index is 2.90. The molecule has 1 aromatic rings. The van der Waals surface area contributed by atoms with Gasteiger partial charge in [0.1, 0.15) is 0 Å². The molecule has 0 amide bonds. The minimum atomic E-state index is -0.765. The summed E-state index contributed by atoms with van der Waals surface area (Å²) < 4.78 is 17.8. The smallest absolute Gasteiger partial charge is 0.221 e. The molecule has 0 spiro atoms. The molecule has 1 aromatic carbocycles. The van der Waals surface area contributed by atoms with Crippen molar-refractivity contribution in [1.29, 1.82) is 0 Å². The maximum Gasteiger partial charge on any atom is 0.221 e. The molecule has 0 heterocycles. The van der Waals surface area contributed by atoms with Crippen LogP contribution in [0.5, 0.6) is 5.75 Å². The van der Waals surface area contributed by atoms with Crippen molar-refractivity contribution in [3.05, 3.63) is 28.5 Å². The molecule has 0 aliphatic heterocycles. The Kier molecular flexibility index (Phi) is 2.84.